The maximum atomic E-state index is 5.73. The summed E-state index contributed by atoms with van der Waals surface area (Å²) in [5, 5.41) is 0. The molecular formula is C18H29NO. The van der Waals surface area contributed by atoms with Gasteiger partial charge in [-0.15, -0.1) is 0 Å². The minimum atomic E-state index is 0.777. The van der Waals surface area contributed by atoms with Gasteiger partial charge < -0.3 is 4.74 Å². The summed E-state index contributed by atoms with van der Waals surface area (Å²) in [7, 11) is 0. The zero-order valence-electron chi connectivity index (χ0n) is 13.1. The Morgan fingerprint density at radius 3 is 2.40 bits per heavy atom. The average Bonchev–Trinajstić information content (AvgIpc) is 2.46. The van der Waals surface area contributed by atoms with Crippen molar-refractivity contribution in [2.45, 2.75) is 64.5 Å². The molecule has 0 saturated carbocycles. The molecule has 1 aliphatic rings. The summed E-state index contributed by atoms with van der Waals surface area (Å²) < 4.78 is 5.73. The van der Waals surface area contributed by atoms with E-state index >= 15 is 0 Å². The lowest BCUT2D eigenvalue weighted by Gasteiger charge is -2.39. The summed E-state index contributed by atoms with van der Waals surface area (Å²) in [5.41, 5.74) is 0. The van der Waals surface area contributed by atoms with E-state index in [1.165, 1.54) is 38.6 Å². The van der Waals surface area contributed by atoms with Gasteiger partial charge in [0, 0.05) is 12.1 Å². The Balaban J connectivity index is 1.55. The highest BCUT2D eigenvalue weighted by molar-refractivity contribution is 5.20. The smallest absolute Gasteiger partial charge is 0.119 e. The number of rotatable bonds is 7. The summed E-state index contributed by atoms with van der Waals surface area (Å²) in [6.07, 6.45) is 7.88. The molecule has 0 radical (unpaired) electrons. The van der Waals surface area contributed by atoms with Crippen molar-refractivity contribution < 1.29 is 4.74 Å². The Labute approximate surface area is 124 Å². The van der Waals surface area contributed by atoms with Crippen LogP contribution in [0.25, 0.3) is 0 Å². The van der Waals surface area contributed by atoms with E-state index in [4.69, 9.17) is 4.74 Å². The first-order chi connectivity index (χ1) is 9.77. The van der Waals surface area contributed by atoms with Crippen LogP contribution < -0.4 is 4.74 Å². The molecule has 20 heavy (non-hydrogen) atoms. The number of likely N-dealkylation sites (tertiary alicyclic amines) is 1. The van der Waals surface area contributed by atoms with Crippen LogP contribution in [-0.2, 0) is 0 Å². The Bertz CT molecular complexity index is 355. The molecule has 2 atom stereocenters. The summed E-state index contributed by atoms with van der Waals surface area (Å²) in [5.74, 6) is 0.991. The SMILES string of the molecule is CC1CCCC(C)N1CCCCCOc1ccccc1. The zero-order valence-corrected chi connectivity index (χ0v) is 13.1. The molecule has 0 amide bonds. The molecule has 1 aliphatic heterocycles. The van der Waals surface area contributed by atoms with Gasteiger partial charge in [0.05, 0.1) is 6.61 Å². The van der Waals surface area contributed by atoms with Crippen LogP contribution in [0.4, 0.5) is 0 Å². The third kappa shape index (κ3) is 4.82. The molecule has 1 saturated heterocycles. The van der Waals surface area contributed by atoms with Crippen LogP contribution in [0, 0.1) is 0 Å². The van der Waals surface area contributed by atoms with E-state index in [-0.39, 0.29) is 0 Å². The predicted octanol–water partition coefficient (Wildman–Crippen LogP) is 4.50. The number of nitrogens with zero attached hydrogens (tertiary/aromatic N) is 1. The summed E-state index contributed by atoms with van der Waals surface area (Å²) in [6, 6.07) is 11.7. The van der Waals surface area contributed by atoms with E-state index in [1.54, 1.807) is 0 Å². The molecule has 1 aromatic rings. The van der Waals surface area contributed by atoms with Gasteiger partial charge in [-0.25, -0.2) is 0 Å². The monoisotopic (exact) mass is 275 g/mol. The number of hydrogen-bond donors (Lipinski definition) is 0. The van der Waals surface area contributed by atoms with Gasteiger partial charge in [0.15, 0.2) is 0 Å². The highest BCUT2D eigenvalue weighted by Crippen LogP contribution is 2.22. The van der Waals surface area contributed by atoms with Crippen LogP contribution in [0.15, 0.2) is 30.3 Å². The molecule has 2 unspecified atom stereocenters. The number of hydrogen-bond acceptors (Lipinski definition) is 2. The lowest BCUT2D eigenvalue weighted by molar-refractivity contribution is 0.101. The Morgan fingerprint density at radius 2 is 1.70 bits per heavy atom. The Hall–Kier alpha value is -1.02. The van der Waals surface area contributed by atoms with Gasteiger partial charge in [-0.1, -0.05) is 24.6 Å². The largest absolute Gasteiger partial charge is 0.494 e. The third-order valence-corrected chi connectivity index (χ3v) is 4.45. The number of unbranched alkanes of at least 4 members (excludes halogenated alkanes) is 2. The highest BCUT2D eigenvalue weighted by Gasteiger charge is 2.23. The van der Waals surface area contributed by atoms with Crippen molar-refractivity contribution in [1.82, 2.24) is 4.90 Å². The van der Waals surface area contributed by atoms with E-state index in [0.29, 0.717) is 0 Å². The van der Waals surface area contributed by atoms with Gasteiger partial charge in [0.2, 0.25) is 0 Å². The number of para-hydroxylation sites is 1. The van der Waals surface area contributed by atoms with Crippen LogP contribution in [0.3, 0.4) is 0 Å². The second-order valence-corrected chi connectivity index (χ2v) is 6.09. The van der Waals surface area contributed by atoms with Crippen molar-refractivity contribution in [3.63, 3.8) is 0 Å². The molecule has 2 nitrogen and oxygen atoms in total. The topological polar surface area (TPSA) is 12.5 Å². The summed E-state index contributed by atoms with van der Waals surface area (Å²) >= 11 is 0. The standard InChI is InChI=1S/C18H29NO/c1-16-10-9-11-17(2)19(16)14-7-4-8-15-20-18-12-5-3-6-13-18/h3,5-6,12-13,16-17H,4,7-11,14-15H2,1-2H3. The van der Waals surface area contributed by atoms with E-state index in [0.717, 1.165) is 30.9 Å². The predicted molar refractivity (Wildman–Crippen MR) is 85.3 cm³/mol. The fraction of sp³-hybridized carbons (Fsp3) is 0.667. The van der Waals surface area contributed by atoms with E-state index < -0.39 is 0 Å². The molecule has 0 bridgehead atoms. The second kappa shape index (κ2) is 8.31. The first-order valence-corrected chi connectivity index (χ1v) is 8.21. The van der Waals surface area contributed by atoms with Crippen molar-refractivity contribution in [3.05, 3.63) is 30.3 Å². The van der Waals surface area contributed by atoms with Crippen molar-refractivity contribution >= 4 is 0 Å². The zero-order chi connectivity index (χ0) is 14.2. The molecular weight excluding hydrogens is 246 g/mol. The molecule has 1 fully saturated rings. The van der Waals surface area contributed by atoms with Gasteiger partial charge in [-0.05, 0) is 64.6 Å². The summed E-state index contributed by atoms with van der Waals surface area (Å²) in [4.78, 5) is 2.70. The average molecular weight is 275 g/mol. The molecule has 2 rings (SSSR count). The minimum Gasteiger partial charge on any atom is -0.494 e. The van der Waals surface area contributed by atoms with Crippen LogP contribution in [0.2, 0.25) is 0 Å². The van der Waals surface area contributed by atoms with Crippen molar-refractivity contribution in [1.29, 1.82) is 0 Å². The van der Waals surface area contributed by atoms with Gasteiger partial charge in [0.25, 0.3) is 0 Å². The molecule has 0 spiro atoms. The van der Waals surface area contributed by atoms with E-state index in [2.05, 4.69) is 18.7 Å². The van der Waals surface area contributed by atoms with Crippen LogP contribution in [-0.4, -0.2) is 30.1 Å². The first-order valence-electron chi connectivity index (χ1n) is 8.21. The Morgan fingerprint density at radius 1 is 1.00 bits per heavy atom. The van der Waals surface area contributed by atoms with Gasteiger partial charge in [0.1, 0.15) is 5.75 Å². The van der Waals surface area contributed by atoms with Gasteiger partial charge >= 0.3 is 0 Å². The first kappa shape index (κ1) is 15.4. The van der Waals surface area contributed by atoms with Crippen LogP contribution >= 0.6 is 0 Å². The van der Waals surface area contributed by atoms with Crippen LogP contribution in [0.5, 0.6) is 5.75 Å². The number of benzene rings is 1. The van der Waals surface area contributed by atoms with Gasteiger partial charge in [-0.2, -0.15) is 0 Å². The molecule has 0 aliphatic carbocycles. The molecule has 0 aromatic heterocycles. The number of piperidine rings is 1. The number of ether oxygens (including phenoxy) is 1. The maximum Gasteiger partial charge on any atom is 0.119 e. The highest BCUT2D eigenvalue weighted by atomic mass is 16.5. The molecule has 1 aromatic carbocycles. The molecule has 1 heterocycles. The fourth-order valence-electron chi connectivity index (χ4n) is 3.20. The summed E-state index contributed by atoms with van der Waals surface area (Å²) in [6.45, 7) is 6.87. The van der Waals surface area contributed by atoms with Gasteiger partial charge in [-0.3, -0.25) is 4.90 Å². The van der Waals surface area contributed by atoms with E-state index in [9.17, 15) is 0 Å². The van der Waals surface area contributed by atoms with Crippen LogP contribution in [0.1, 0.15) is 52.4 Å². The third-order valence-electron chi connectivity index (χ3n) is 4.45. The van der Waals surface area contributed by atoms with Crippen molar-refractivity contribution in [2.24, 2.45) is 0 Å². The quantitative estimate of drug-likeness (QED) is 0.679. The van der Waals surface area contributed by atoms with Crippen molar-refractivity contribution in [2.75, 3.05) is 13.2 Å². The minimum absolute atomic E-state index is 0.777. The molecule has 2 heteroatoms. The normalized spacial score (nSPS) is 23.7. The fourth-order valence-corrected chi connectivity index (χ4v) is 3.20. The van der Waals surface area contributed by atoms with Crippen molar-refractivity contribution in [3.8, 4) is 5.75 Å². The van der Waals surface area contributed by atoms with E-state index in [1.807, 2.05) is 30.3 Å². The lowest BCUT2D eigenvalue weighted by Crippen LogP contribution is -2.44. The maximum absolute atomic E-state index is 5.73. The Kier molecular flexibility index (Phi) is 6.38. The lowest BCUT2D eigenvalue weighted by atomic mass is 9.97. The molecule has 112 valence electrons. The molecule has 0 N–H and O–H groups in total. The second-order valence-electron chi connectivity index (χ2n) is 6.09.